The van der Waals surface area contributed by atoms with E-state index in [0.717, 1.165) is 12.1 Å². The molecule has 27 heavy (non-hydrogen) atoms. The number of amides is 1. The van der Waals surface area contributed by atoms with Crippen molar-refractivity contribution in [3.8, 4) is 5.88 Å². The lowest BCUT2D eigenvalue weighted by atomic mass is 10.1. The lowest BCUT2D eigenvalue weighted by Gasteiger charge is -2.10. The number of nitro benzene ring substituents is 1. The zero-order valence-corrected chi connectivity index (χ0v) is 14.9. The number of nitro groups is 1. The minimum Gasteiger partial charge on any atom is -0.478 e. The lowest BCUT2D eigenvalue weighted by Crippen LogP contribution is -2.24. The Balaban J connectivity index is 2.22. The summed E-state index contributed by atoms with van der Waals surface area (Å²) in [6, 6.07) is 6.88. The first-order valence-corrected chi connectivity index (χ1v) is 8.27. The van der Waals surface area contributed by atoms with E-state index in [1.807, 2.05) is 6.92 Å². The van der Waals surface area contributed by atoms with Crippen LogP contribution in [0.25, 0.3) is 0 Å². The number of hydrogen-bond acceptors (Lipinski definition) is 7. The molecule has 0 atom stereocenters. The summed E-state index contributed by atoms with van der Waals surface area (Å²) in [4.78, 5) is 38.9. The van der Waals surface area contributed by atoms with Gasteiger partial charge in [0.2, 0.25) is 5.88 Å². The highest BCUT2D eigenvalue weighted by molar-refractivity contribution is 5.99. The van der Waals surface area contributed by atoms with Crippen LogP contribution in [-0.2, 0) is 11.3 Å². The van der Waals surface area contributed by atoms with Crippen LogP contribution in [0.15, 0.2) is 36.5 Å². The van der Waals surface area contributed by atoms with Crippen LogP contribution in [0.1, 0.15) is 40.1 Å². The summed E-state index contributed by atoms with van der Waals surface area (Å²) in [6.07, 6.45) is 1.57. The fourth-order valence-corrected chi connectivity index (χ4v) is 2.28. The Labute approximate surface area is 155 Å². The number of non-ortho nitro benzene ring substituents is 1. The van der Waals surface area contributed by atoms with Crippen LogP contribution < -0.4 is 10.1 Å². The predicted molar refractivity (Wildman–Crippen MR) is 95.6 cm³/mol. The van der Waals surface area contributed by atoms with E-state index in [2.05, 4.69) is 10.3 Å². The summed E-state index contributed by atoms with van der Waals surface area (Å²) in [5, 5.41) is 13.7. The van der Waals surface area contributed by atoms with Crippen molar-refractivity contribution in [2.45, 2.75) is 20.4 Å². The number of hydrogen-bond donors (Lipinski definition) is 1. The van der Waals surface area contributed by atoms with Gasteiger partial charge in [-0.1, -0.05) is 6.07 Å². The van der Waals surface area contributed by atoms with E-state index in [4.69, 9.17) is 9.47 Å². The zero-order valence-electron chi connectivity index (χ0n) is 14.9. The van der Waals surface area contributed by atoms with Crippen molar-refractivity contribution in [1.29, 1.82) is 0 Å². The van der Waals surface area contributed by atoms with Crippen LogP contribution in [0.4, 0.5) is 5.69 Å². The SMILES string of the molecule is CCOC(=O)c1cc(C(=O)NCc2cccnc2OCC)cc([N+](=O)[O-])c1. The summed E-state index contributed by atoms with van der Waals surface area (Å²) in [5.74, 6) is -0.914. The third kappa shape index (κ3) is 5.24. The van der Waals surface area contributed by atoms with E-state index in [0.29, 0.717) is 18.1 Å². The quantitative estimate of drug-likeness (QED) is 0.429. The predicted octanol–water partition coefficient (Wildman–Crippen LogP) is 2.50. The molecule has 0 aliphatic rings. The standard InChI is InChI=1S/C18H19N3O6/c1-3-26-17-12(6-5-7-19-17)11-20-16(22)13-8-14(18(23)27-4-2)10-15(9-13)21(24)25/h5-10H,3-4,11H2,1-2H3,(H,20,22). The van der Waals surface area contributed by atoms with Gasteiger partial charge in [-0.05, 0) is 26.0 Å². The Morgan fingerprint density at radius 2 is 1.93 bits per heavy atom. The Kier molecular flexibility index (Phi) is 6.81. The minimum absolute atomic E-state index is 0.0193. The molecular weight excluding hydrogens is 354 g/mol. The fraction of sp³-hybridized carbons (Fsp3) is 0.278. The number of nitrogens with zero attached hydrogens (tertiary/aromatic N) is 2. The molecular formula is C18H19N3O6. The number of nitrogens with one attached hydrogen (secondary N) is 1. The number of carbonyl (C=O) groups excluding carboxylic acids is 2. The van der Waals surface area contributed by atoms with Crippen molar-refractivity contribution in [2.24, 2.45) is 0 Å². The van der Waals surface area contributed by atoms with Crippen molar-refractivity contribution in [3.05, 3.63) is 63.3 Å². The lowest BCUT2D eigenvalue weighted by molar-refractivity contribution is -0.384. The molecule has 0 unspecified atom stereocenters. The van der Waals surface area contributed by atoms with E-state index in [1.54, 1.807) is 25.3 Å². The molecule has 0 radical (unpaired) electrons. The highest BCUT2D eigenvalue weighted by atomic mass is 16.6. The van der Waals surface area contributed by atoms with Crippen LogP contribution >= 0.6 is 0 Å². The van der Waals surface area contributed by atoms with Gasteiger partial charge in [0.1, 0.15) is 0 Å². The zero-order chi connectivity index (χ0) is 19.8. The van der Waals surface area contributed by atoms with Gasteiger partial charge in [0.05, 0.1) is 23.7 Å². The molecule has 0 bridgehead atoms. The molecule has 0 saturated carbocycles. The Morgan fingerprint density at radius 3 is 2.59 bits per heavy atom. The van der Waals surface area contributed by atoms with E-state index >= 15 is 0 Å². The van der Waals surface area contributed by atoms with Gasteiger partial charge in [-0.15, -0.1) is 0 Å². The first kappa shape index (κ1) is 19.8. The summed E-state index contributed by atoms with van der Waals surface area (Å²) in [6.45, 7) is 4.08. The van der Waals surface area contributed by atoms with Crippen molar-refractivity contribution in [3.63, 3.8) is 0 Å². The molecule has 0 saturated heterocycles. The molecule has 0 fully saturated rings. The van der Waals surface area contributed by atoms with Gasteiger partial charge in [0.15, 0.2) is 0 Å². The molecule has 2 aromatic rings. The van der Waals surface area contributed by atoms with Gasteiger partial charge in [-0.25, -0.2) is 9.78 Å². The number of esters is 1. The van der Waals surface area contributed by atoms with Gasteiger partial charge in [-0.2, -0.15) is 0 Å². The second-order valence-electron chi connectivity index (χ2n) is 5.33. The summed E-state index contributed by atoms with van der Waals surface area (Å²) in [7, 11) is 0. The van der Waals surface area contributed by atoms with E-state index in [1.165, 1.54) is 6.07 Å². The van der Waals surface area contributed by atoms with Crippen molar-refractivity contribution in [2.75, 3.05) is 13.2 Å². The van der Waals surface area contributed by atoms with E-state index in [-0.39, 0.29) is 30.0 Å². The van der Waals surface area contributed by atoms with Gasteiger partial charge in [-0.3, -0.25) is 14.9 Å². The van der Waals surface area contributed by atoms with Crippen molar-refractivity contribution in [1.82, 2.24) is 10.3 Å². The minimum atomic E-state index is -0.735. The Morgan fingerprint density at radius 1 is 1.19 bits per heavy atom. The molecule has 1 aromatic carbocycles. The number of rotatable bonds is 8. The van der Waals surface area contributed by atoms with Crippen LogP contribution in [-0.4, -0.2) is 35.0 Å². The number of pyridine rings is 1. The average molecular weight is 373 g/mol. The third-order valence-electron chi connectivity index (χ3n) is 3.47. The normalized spacial score (nSPS) is 10.1. The highest BCUT2D eigenvalue weighted by Gasteiger charge is 2.19. The molecule has 9 nitrogen and oxygen atoms in total. The van der Waals surface area contributed by atoms with Crippen LogP contribution in [0.3, 0.4) is 0 Å². The molecule has 142 valence electrons. The maximum Gasteiger partial charge on any atom is 0.338 e. The first-order valence-electron chi connectivity index (χ1n) is 8.27. The van der Waals surface area contributed by atoms with Crippen molar-refractivity contribution < 1.29 is 24.0 Å². The van der Waals surface area contributed by atoms with E-state index in [9.17, 15) is 19.7 Å². The molecule has 2 rings (SSSR count). The molecule has 9 heteroatoms. The van der Waals surface area contributed by atoms with Crippen LogP contribution in [0.2, 0.25) is 0 Å². The first-order chi connectivity index (χ1) is 13.0. The number of ether oxygens (including phenoxy) is 2. The Bertz CT molecular complexity index is 853. The Hall–Kier alpha value is -3.49. The molecule has 1 aromatic heterocycles. The smallest absolute Gasteiger partial charge is 0.338 e. The largest absolute Gasteiger partial charge is 0.478 e. The maximum absolute atomic E-state index is 12.4. The van der Waals surface area contributed by atoms with Gasteiger partial charge in [0.25, 0.3) is 11.6 Å². The number of aromatic nitrogens is 1. The molecule has 1 N–H and O–H groups in total. The van der Waals surface area contributed by atoms with Crippen LogP contribution in [0, 0.1) is 10.1 Å². The monoisotopic (exact) mass is 373 g/mol. The molecule has 0 aliphatic carbocycles. The number of benzene rings is 1. The highest BCUT2D eigenvalue weighted by Crippen LogP contribution is 2.19. The third-order valence-corrected chi connectivity index (χ3v) is 3.47. The van der Waals surface area contributed by atoms with Crippen molar-refractivity contribution >= 4 is 17.6 Å². The second kappa shape index (κ2) is 9.27. The molecule has 0 spiro atoms. The van der Waals surface area contributed by atoms with Gasteiger partial charge >= 0.3 is 5.97 Å². The second-order valence-corrected chi connectivity index (χ2v) is 5.33. The van der Waals surface area contributed by atoms with E-state index < -0.39 is 16.8 Å². The van der Waals surface area contributed by atoms with Crippen LogP contribution in [0.5, 0.6) is 5.88 Å². The topological polar surface area (TPSA) is 121 Å². The molecule has 1 amide bonds. The maximum atomic E-state index is 12.4. The summed E-state index contributed by atoms with van der Waals surface area (Å²) in [5.41, 5.74) is 0.201. The summed E-state index contributed by atoms with van der Waals surface area (Å²) >= 11 is 0. The number of carbonyl (C=O) groups is 2. The van der Waals surface area contributed by atoms with Gasteiger partial charge in [0, 0.05) is 36.0 Å². The summed E-state index contributed by atoms with van der Waals surface area (Å²) < 4.78 is 10.2. The average Bonchev–Trinajstić information content (AvgIpc) is 2.67. The molecule has 0 aliphatic heterocycles. The molecule has 1 heterocycles. The fourth-order valence-electron chi connectivity index (χ4n) is 2.28. The van der Waals surface area contributed by atoms with Gasteiger partial charge < -0.3 is 14.8 Å².